The Labute approximate surface area is 148 Å². The molecule has 0 aromatic heterocycles. The summed E-state index contributed by atoms with van der Waals surface area (Å²) in [6.07, 6.45) is 3.02. The second-order valence-corrected chi connectivity index (χ2v) is 7.09. The SMILES string of the molecule is NC(=O)c1cccc2c1C1CCN(C(CO)c3ccccc3)C1CC2. The van der Waals surface area contributed by atoms with Crippen molar-refractivity contribution < 1.29 is 9.90 Å². The standard InChI is InChI=1S/C21H24N2O2/c22-21(25)17-8-4-7-15-9-10-18-16(20(15)17)11-12-23(18)19(13-24)14-5-2-1-3-6-14/h1-8,16,18-19,24H,9-13H2,(H2,22,25). The summed E-state index contributed by atoms with van der Waals surface area (Å²) in [6.45, 7) is 1.04. The fourth-order valence-electron chi connectivity index (χ4n) is 4.83. The van der Waals surface area contributed by atoms with Gasteiger partial charge in [-0.25, -0.2) is 0 Å². The summed E-state index contributed by atoms with van der Waals surface area (Å²) in [5.74, 6) is -0.0112. The molecule has 1 aliphatic heterocycles. The van der Waals surface area contributed by atoms with Crippen molar-refractivity contribution in [1.82, 2.24) is 4.90 Å². The van der Waals surface area contributed by atoms with Crippen molar-refractivity contribution in [2.45, 2.75) is 37.3 Å². The van der Waals surface area contributed by atoms with E-state index in [2.05, 4.69) is 23.1 Å². The maximum absolute atomic E-state index is 11.9. The van der Waals surface area contributed by atoms with Crippen LogP contribution in [0.5, 0.6) is 0 Å². The Bertz CT molecular complexity index is 775. The number of carbonyl (C=O) groups excluding carboxylic acids is 1. The molecule has 3 atom stereocenters. The van der Waals surface area contributed by atoms with Crippen molar-refractivity contribution in [2.24, 2.45) is 5.73 Å². The number of benzene rings is 2. The van der Waals surface area contributed by atoms with Crippen LogP contribution in [-0.4, -0.2) is 35.1 Å². The smallest absolute Gasteiger partial charge is 0.248 e. The molecule has 0 bridgehead atoms. The summed E-state index contributed by atoms with van der Waals surface area (Å²) in [5.41, 5.74) is 9.88. The van der Waals surface area contributed by atoms with Crippen molar-refractivity contribution in [1.29, 1.82) is 0 Å². The Morgan fingerprint density at radius 3 is 2.68 bits per heavy atom. The van der Waals surface area contributed by atoms with E-state index in [-0.39, 0.29) is 18.6 Å². The second-order valence-electron chi connectivity index (χ2n) is 7.09. The van der Waals surface area contributed by atoms with Crippen molar-refractivity contribution in [2.75, 3.05) is 13.2 Å². The first-order chi connectivity index (χ1) is 12.2. The van der Waals surface area contributed by atoms with E-state index in [1.807, 2.05) is 30.3 Å². The maximum Gasteiger partial charge on any atom is 0.248 e. The van der Waals surface area contributed by atoms with Gasteiger partial charge in [0.05, 0.1) is 12.6 Å². The molecule has 0 saturated carbocycles. The Balaban J connectivity index is 1.69. The molecule has 1 heterocycles. The quantitative estimate of drug-likeness (QED) is 0.902. The molecular weight excluding hydrogens is 312 g/mol. The maximum atomic E-state index is 11.9. The Hall–Kier alpha value is -2.17. The number of rotatable bonds is 4. The van der Waals surface area contributed by atoms with Crippen LogP contribution in [0.25, 0.3) is 0 Å². The molecule has 0 spiro atoms. The van der Waals surface area contributed by atoms with E-state index < -0.39 is 0 Å². The average Bonchev–Trinajstić information content (AvgIpc) is 3.07. The summed E-state index contributed by atoms with van der Waals surface area (Å²) < 4.78 is 0. The molecule has 2 aromatic rings. The Kier molecular flexibility index (Phi) is 4.32. The van der Waals surface area contributed by atoms with Gasteiger partial charge in [-0.15, -0.1) is 0 Å². The number of carbonyl (C=O) groups is 1. The zero-order valence-electron chi connectivity index (χ0n) is 14.3. The molecule has 4 rings (SSSR count). The van der Waals surface area contributed by atoms with Crippen LogP contribution in [0.4, 0.5) is 0 Å². The largest absolute Gasteiger partial charge is 0.394 e. The summed E-state index contributed by atoms with van der Waals surface area (Å²) in [7, 11) is 0. The number of primary amides is 1. The number of hydrogen-bond acceptors (Lipinski definition) is 3. The highest BCUT2D eigenvalue weighted by Gasteiger charge is 2.42. The minimum atomic E-state index is -0.335. The van der Waals surface area contributed by atoms with Crippen LogP contribution in [0, 0.1) is 0 Å². The molecule has 130 valence electrons. The van der Waals surface area contributed by atoms with Gasteiger partial charge in [-0.2, -0.15) is 0 Å². The minimum Gasteiger partial charge on any atom is -0.394 e. The van der Waals surface area contributed by atoms with Crippen molar-refractivity contribution in [3.8, 4) is 0 Å². The van der Waals surface area contributed by atoms with Gasteiger partial charge in [0, 0.05) is 17.5 Å². The Morgan fingerprint density at radius 2 is 1.96 bits per heavy atom. The number of nitrogens with two attached hydrogens (primary N) is 1. The lowest BCUT2D eigenvalue weighted by molar-refractivity contribution is 0.0982. The molecule has 1 saturated heterocycles. The number of nitrogens with zero attached hydrogens (tertiary/aromatic N) is 1. The second kappa shape index (κ2) is 6.62. The van der Waals surface area contributed by atoms with E-state index in [1.165, 1.54) is 5.56 Å². The van der Waals surface area contributed by atoms with Gasteiger partial charge in [0.1, 0.15) is 0 Å². The first-order valence-electron chi connectivity index (χ1n) is 9.04. The van der Waals surface area contributed by atoms with Crippen LogP contribution in [0.1, 0.15) is 51.8 Å². The number of amides is 1. The first-order valence-corrected chi connectivity index (χ1v) is 9.04. The van der Waals surface area contributed by atoms with Crippen LogP contribution in [0.2, 0.25) is 0 Å². The minimum absolute atomic E-state index is 0.0125. The number of aliphatic hydroxyl groups excluding tert-OH is 1. The van der Waals surface area contributed by atoms with Gasteiger partial charge >= 0.3 is 0 Å². The molecule has 2 aliphatic rings. The molecule has 0 radical (unpaired) electrons. The van der Waals surface area contributed by atoms with Crippen LogP contribution in [-0.2, 0) is 6.42 Å². The van der Waals surface area contributed by atoms with Crippen molar-refractivity contribution >= 4 is 5.91 Å². The Morgan fingerprint density at radius 1 is 1.16 bits per heavy atom. The van der Waals surface area contributed by atoms with Crippen LogP contribution in [0.15, 0.2) is 48.5 Å². The number of fused-ring (bicyclic) bond motifs is 3. The molecule has 4 nitrogen and oxygen atoms in total. The number of aryl methyl sites for hydroxylation is 1. The normalized spacial score (nSPS) is 23.7. The lowest BCUT2D eigenvalue weighted by atomic mass is 9.77. The highest BCUT2D eigenvalue weighted by Crippen LogP contribution is 2.45. The van der Waals surface area contributed by atoms with Crippen molar-refractivity contribution in [3.05, 3.63) is 70.8 Å². The third kappa shape index (κ3) is 2.75. The first kappa shape index (κ1) is 16.3. The molecule has 4 heteroatoms. The molecule has 1 fully saturated rings. The van der Waals surface area contributed by atoms with Gasteiger partial charge in [-0.3, -0.25) is 9.69 Å². The molecule has 3 unspecified atom stereocenters. The monoisotopic (exact) mass is 336 g/mol. The van der Waals surface area contributed by atoms with E-state index in [1.54, 1.807) is 0 Å². The predicted molar refractivity (Wildman–Crippen MR) is 97.4 cm³/mol. The summed E-state index contributed by atoms with van der Waals surface area (Å²) in [5, 5.41) is 10.1. The van der Waals surface area contributed by atoms with Crippen LogP contribution in [0.3, 0.4) is 0 Å². The molecular formula is C21H24N2O2. The van der Waals surface area contributed by atoms with Gasteiger partial charge in [0.15, 0.2) is 0 Å². The fourth-order valence-corrected chi connectivity index (χ4v) is 4.83. The van der Waals surface area contributed by atoms with Crippen LogP contribution >= 0.6 is 0 Å². The van der Waals surface area contributed by atoms with Gasteiger partial charge in [0.25, 0.3) is 0 Å². The molecule has 3 N–H and O–H groups in total. The number of aliphatic hydroxyl groups is 1. The highest BCUT2D eigenvalue weighted by molar-refractivity contribution is 5.95. The molecule has 1 aliphatic carbocycles. The lowest BCUT2D eigenvalue weighted by Crippen LogP contribution is -2.39. The van der Waals surface area contributed by atoms with Gasteiger partial charge in [-0.1, -0.05) is 42.5 Å². The summed E-state index contributed by atoms with van der Waals surface area (Å²) >= 11 is 0. The van der Waals surface area contributed by atoms with E-state index in [9.17, 15) is 9.90 Å². The number of hydrogen-bond donors (Lipinski definition) is 2. The molecule has 1 amide bonds. The van der Waals surface area contributed by atoms with E-state index in [4.69, 9.17) is 5.73 Å². The van der Waals surface area contributed by atoms with Crippen LogP contribution < -0.4 is 5.73 Å². The molecule has 25 heavy (non-hydrogen) atoms. The fraction of sp³-hybridized carbons (Fsp3) is 0.381. The third-order valence-electron chi connectivity index (χ3n) is 5.89. The predicted octanol–water partition coefficient (Wildman–Crippen LogP) is 2.62. The zero-order valence-corrected chi connectivity index (χ0v) is 14.3. The van der Waals surface area contributed by atoms with Gasteiger partial charge in [0.2, 0.25) is 5.91 Å². The van der Waals surface area contributed by atoms with Gasteiger partial charge < -0.3 is 10.8 Å². The van der Waals surface area contributed by atoms with Crippen molar-refractivity contribution in [3.63, 3.8) is 0 Å². The summed E-state index contributed by atoms with van der Waals surface area (Å²) in [6, 6.07) is 16.5. The van der Waals surface area contributed by atoms with E-state index in [0.717, 1.165) is 36.9 Å². The summed E-state index contributed by atoms with van der Waals surface area (Å²) in [4.78, 5) is 14.4. The van der Waals surface area contributed by atoms with E-state index >= 15 is 0 Å². The zero-order chi connectivity index (χ0) is 17.4. The highest BCUT2D eigenvalue weighted by atomic mass is 16.3. The van der Waals surface area contributed by atoms with E-state index in [0.29, 0.717) is 17.5 Å². The van der Waals surface area contributed by atoms with Gasteiger partial charge in [-0.05, 0) is 48.6 Å². The lowest BCUT2D eigenvalue weighted by Gasteiger charge is -2.38. The third-order valence-corrected chi connectivity index (χ3v) is 5.89. The molecule has 2 aromatic carbocycles. The number of likely N-dealkylation sites (tertiary alicyclic amines) is 1. The topological polar surface area (TPSA) is 66.6 Å². The average molecular weight is 336 g/mol.